The van der Waals surface area contributed by atoms with Crippen molar-refractivity contribution in [3.05, 3.63) is 76.8 Å². The van der Waals surface area contributed by atoms with E-state index in [1.54, 1.807) is 0 Å². The zero-order chi connectivity index (χ0) is 27.0. The first-order valence-electron chi connectivity index (χ1n) is 10.6. The zero-order valence-electron chi connectivity index (χ0n) is 19.0. The molecule has 194 valence electrons. The fraction of sp³-hybridized carbons (Fsp3) is 0.208. The summed E-state index contributed by atoms with van der Waals surface area (Å²) in [6.07, 6.45) is -9.22. The molecule has 0 bridgehead atoms. The maximum atomic E-state index is 13.2. The fourth-order valence-electron chi connectivity index (χ4n) is 3.61. The highest BCUT2D eigenvalue weighted by molar-refractivity contribution is 5.98. The largest absolute Gasteiger partial charge is 0.494 e. The molecule has 0 saturated heterocycles. The number of hydrogen-bond donors (Lipinski definition) is 2. The van der Waals surface area contributed by atoms with Crippen LogP contribution in [-0.4, -0.2) is 23.0 Å². The van der Waals surface area contributed by atoms with Crippen LogP contribution in [0.15, 0.2) is 52.9 Å². The van der Waals surface area contributed by atoms with Crippen molar-refractivity contribution in [2.45, 2.75) is 25.4 Å². The molecular formula is C24H18F6N4O3. The number of nitrogens with zero attached hydrogens (tertiary/aromatic N) is 2. The molecule has 0 saturated carbocycles. The van der Waals surface area contributed by atoms with Crippen molar-refractivity contribution in [2.24, 2.45) is 5.73 Å². The topological polar surface area (TPSA) is 103 Å². The van der Waals surface area contributed by atoms with Crippen molar-refractivity contribution in [2.75, 3.05) is 7.11 Å². The third-order valence-corrected chi connectivity index (χ3v) is 5.37. The third kappa shape index (κ3) is 5.35. The molecule has 37 heavy (non-hydrogen) atoms. The Balaban J connectivity index is 1.66. The molecule has 13 heteroatoms. The Hall–Kier alpha value is -4.13. The SMILES string of the molecule is COc1ccc(-c2nc(C(=O)NCc3cccc(C(F)(F)F)c3)c(CN)o2)c2ccc(C(F)(F)F)nc12. The van der Waals surface area contributed by atoms with Crippen LogP contribution in [0.3, 0.4) is 0 Å². The molecule has 0 fully saturated rings. The number of benzene rings is 2. The number of aromatic nitrogens is 2. The molecule has 2 aromatic carbocycles. The molecule has 0 atom stereocenters. The number of pyridine rings is 1. The van der Waals surface area contributed by atoms with Gasteiger partial charge in [0.1, 0.15) is 17.0 Å². The Labute approximate surface area is 205 Å². The number of alkyl halides is 6. The minimum absolute atomic E-state index is 0.0274. The molecule has 1 amide bonds. The number of rotatable bonds is 6. The van der Waals surface area contributed by atoms with Gasteiger partial charge >= 0.3 is 12.4 Å². The van der Waals surface area contributed by atoms with Gasteiger partial charge in [-0.2, -0.15) is 26.3 Å². The van der Waals surface area contributed by atoms with Gasteiger partial charge in [0.2, 0.25) is 5.89 Å². The number of oxazole rings is 1. The second kappa shape index (κ2) is 9.73. The highest BCUT2D eigenvalue weighted by atomic mass is 19.4. The average Bonchev–Trinajstić information content (AvgIpc) is 3.29. The van der Waals surface area contributed by atoms with Crippen LogP contribution in [0.2, 0.25) is 0 Å². The van der Waals surface area contributed by atoms with Crippen LogP contribution in [0.1, 0.15) is 33.1 Å². The summed E-state index contributed by atoms with van der Waals surface area (Å²) in [5.74, 6) is -0.822. The van der Waals surface area contributed by atoms with Crippen LogP contribution in [-0.2, 0) is 25.4 Å². The van der Waals surface area contributed by atoms with Crippen molar-refractivity contribution in [1.82, 2.24) is 15.3 Å². The Bertz CT molecular complexity index is 1460. The second-order valence-corrected chi connectivity index (χ2v) is 7.78. The first kappa shape index (κ1) is 25.9. The van der Waals surface area contributed by atoms with Crippen molar-refractivity contribution < 1.29 is 40.3 Å². The number of carbonyl (C=O) groups is 1. The lowest BCUT2D eigenvalue weighted by Gasteiger charge is -2.11. The molecule has 4 rings (SSSR count). The normalized spacial score (nSPS) is 12.1. The molecular weight excluding hydrogens is 506 g/mol. The van der Waals surface area contributed by atoms with Crippen LogP contribution in [0.25, 0.3) is 22.4 Å². The number of nitrogens with two attached hydrogens (primary N) is 1. The quantitative estimate of drug-likeness (QED) is 0.331. The van der Waals surface area contributed by atoms with Crippen molar-refractivity contribution in [3.8, 4) is 17.2 Å². The summed E-state index contributed by atoms with van der Waals surface area (Å²) < 4.78 is 89.2. The van der Waals surface area contributed by atoms with Gasteiger partial charge in [-0.25, -0.2) is 9.97 Å². The first-order chi connectivity index (χ1) is 17.4. The van der Waals surface area contributed by atoms with E-state index in [-0.39, 0.29) is 58.2 Å². The number of ether oxygens (including phenoxy) is 1. The number of carbonyl (C=O) groups excluding carboxylic acids is 1. The van der Waals surface area contributed by atoms with Crippen molar-refractivity contribution in [3.63, 3.8) is 0 Å². The number of amides is 1. The summed E-state index contributed by atoms with van der Waals surface area (Å²) in [5.41, 5.74) is 3.81. The lowest BCUT2D eigenvalue weighted by atomic mass is 10.1. The molecule has 0 aliphatic heterocycles. The number of fused-ring (bicyclic) bond motifs is 1. The van der Waals surface area contributed by atoms with Crippen molar-refractivity contribution >= 4 is 16.8 Å². The van der Waals surface area contributed by atoms with Crippen LogP contribution in [0, 0.1) is 0 Å². The van der Waals surface area contributed by atoms with E-state index in [1.807, 2.05) is 0 Å². The molecule has 2 aromatic heterocycles. The van der Waals surface area contributed by atoms with E-state index in [0.717, 1.165) is 18.2 Å². The predicted octanol–water partition coefficient (Wildman–Crippen LogP) is 5.32. The summed E-state index contributed by atoms with van der Waals surface area (Å²) in [5, 5.41) is 2.69. The first-order valence-corrected chi connectivity index (χ1v) is 10.6. The average molecular weight is 524 g/mol. The standard InChI is InChI=1S/C24H18F6N4O3/c1-36-16-7-5-15(14-6-8-18(24(28,29)30)33-19(14)16)22-34-20(17(10-31)37-22)21(35)32-11-12-3-2-4-13(9-12)23(25,26)27/h2-9H,10-11,31H2,1H3,(H,32,35). The minimum atomic E-state index is -4.68. The monoisotopic (exact) mass is 524 g/mol. The Kier molecular flexibility index (Phi) is 6.82. The van der Waals surface area contributed by atoms with Gasteiger partial charge in [0.25, 0.3) is 5.91 Å². The highest BCUT2D eigenvalue weighted by Gasteiger charge is 2.33. The summed E-state index contributed by atoms with van der Waals surface area (Å²) in [4.78, 5) is 20.6. The summed E-state index contributed by atoms with van der Waals surface area (Å²) in [7, 11) is 1.28. The van der Waals surface area contributed by atoms with Crippen LogP contribution in [0.4, 0.5) is 26.3 Å². The van der Waals surface area contributed by atoms with E-state index in [1.165, 1.54) is 37.4 Å². The van der Waals surface area contributed by atoms with Crippen molar-refractivity contribution in [1.29, 1.82) is 0 Å². The second-order valence-electron chi connectivity index (χ2n) is 7.78. The van der Waals surface area contributed by atoms with Gasteiger partial charge in [0.15, 0.2) is 11.5 Å². The number of halogens is 6. The van der Waals surface area contributed by atoms with E-state index in [4.69, 9.17) is 14.9 Å². The minimum Gasteiger partial charge on any atom is -0.494 e. The maximum Gasteiger partial charge on any atom is 0.433 e. The summed E-state index contributed by atoms with van der Waals surface area (Å²) >= 11 is 0. The molecule has 0 spiro atoms. The van der Waals surface area contributed by atoms with Gasteiger partial charge < -0.3 is 20.2 Å². The number of hydrogen-bond acceptors (Lipinski definition) is 6. The Morgan fingerprint density at radius 2 is 1.78 bits per heavy atom. The lowest BCUT2D eigenvalue weighted by molar-refractivity contribution is -0.141. The zero-order valence-corrected chi connectivity index (χ0v) is 19.0. The van der Waals surface area contributed by atoms with E-state index < -0.39 is 29.5 Å². The molecule has 3 N–H and O–H groups in total. The van der Waals surface area contributed by atoms with E-state index >= 15 is 0 Å². The molecule has 7 nitrogen and oxygen atoms in total. The third-order valence-electron chi connectivity index (χ3n) is 5.37. The highest BCUT2D eigenvalue weighted by Crippen LogP contribution is 2.37. The van der Waals surface area contributed by atoms with Gasteiger partial charge in [0.05, 0.1) is 19.2 Å². The van der Waals surface area contributed by atoms with Gasteiger partial charge in [-0.1, -0.05) is 12.1 Å². The van der Waals surface area contributed by atoms with Gasteiger partial charge in [-0.05, 0) is 42.0 Å². The molecule has 0 aliphatic carbocycles. The summed E-state index contributed by atoms with van der Waals surface area (Å²) in [6.45, 7) is -0.478. The Morgan fingerprint density at radius 3 is 2.43 bits per heavy atom. The lowest BCUT2D eigenvalue weighted by Crippen LogP contribution is -2.25. The van der Waals surface area contributed by atoms with Crippen LogP contribution in [0.5, 0.6) is 5.75 Å². The maximum absolute atomic E-state index is 13.2. The van der Waals surface area contributed by atoms with Crippen LogP contribution >= 0.6 is 0 Å². The van der Waals surface area contributed by atoms with E-state index in [0.29, 0.717) is 0 Å². The fourth-order valence-corrected chi connectivity index (χ4v) is 3.61. The van der Waals surface area contributed by atoms with E-state index in [2.05, 4.69) is 15.3 Å². The predicted molar refractivity (Wildman–Crippen MR) is 119 cm³/mol. The molecule has 0 unspecified atom stereocenters. The van der Waals surface area contributed by atoms with Crippen LogP contribution < -0.4 is 15.8 Å². The number of nitrogens with one attached hydrogen (secondary N) is 1. The number of methoxy groups -OCH3 is 1. The summed E-state index contributed by atoms with van der Waals surface area (Å²) in [6, 6.07) is 9.29. The Morgan fingerprint density at radius 1 is 1.03 bits per heavy atom. The van der Waals surface area contributed by atoms with Gasteiger partial charge in [0, 0.05) is 17.5 Å². The molecule has 2 heterocycles. The van der Waals surface area contributed by atoms with E-state index in [9.17, 15) is 31.1 Å². The van der Waals surface area contributed by atoms with Gasteiger partial charge in [-0.15, -0.1) is 0 Å². The smallest absolute Gasteiger partial charge is 0.433 e. The molecule has 4 aromatic rings. The molecule has 0 radical (unpaired) electrons. The van der Waals surface area contributed by atoms with Gasteiger partial charge in [-0.3, -0.25) is 4.79 Å². The molecule has 0 aliphatic rings.